The molecule has 1 saturated heterocycles. The summed E-state index contributed by atoms with van der Waals surface area (Å²) < 4.78 is 1.87. The van der Waals surface area contributed by atoms with Crippen LogP contribution in [0.1, 0.15) is 38.5 Å². The van der Waals surface area contributed by atoms with E-state index in [0.717, 1.165) is 38.8 Å². The molecule has 1 aliphatic heterocycles. The molecular formula is C18H25N7O. The number of nitrogens with zero attached hydrogens (tertiary/aromatic N) is 6. The lowest BCUT2D eigenvalue weighted by Crippen LogP contribution is -2.52. The van der Waals surface area contributed by atoms with Crippen LogP contribution in [0.25, 0.3) is 0 Å². The maximum absolute atomic E-state index is 12.6. The van der Waals surface area contributed by atoms with Crippen LogP contribution in [-0.4, -0.2) is 55.7 Å². The summed E-state index contributed by atoms with van der Waals surface area (Å²) in [5, 5.41) is 24.4. The van der Waals surface area contributed by atoms with Crippen molar-refractivity contribution in [1.82, 2.24) is 30.4 Å². The van der Waals surface area contributed by atoms with Crippen molar-refractivity contribution in [3.8, 4) is 6.07 Å². The number of amides is 1. The number of nitrogens with one attached hydrogen (secondary N) is 1. The lowest BCUT2D eigenvalue weighted by molar-refractivity contribution is -0.130. The van der Waals surface area contributed by atoms with Gasteiger partial charge in [-0.15, -0.1) is 5.10 Å². The summed E-state index contributed by atoms with van der Waals surface area (Å²) in [6.07, 6.45) is 8.32. The first-order valence-corrected chi connectivity index (χ1v) is 9.83. The minimum atomic E-state index is -0.223. The largest absolute Gasteiger partial charge is 0.326 e. The molecule has 2 heterocycles. The molecule has 1 amide bonds. The van der Waals surface area contributed by atoms with E-state index in [0.29, 0.717) is 30.2 Å². The quantitative estimate of drug-likeness (QED) is 0.829. The number of carbonyl (C=O) groups is 1. The van der Waals surface area contributed by atoms with Gasteiger partial charge < -0.3 is 10.2 Å². The van der Waals surface area contributed by atoms with Gasteiger partial charge >= 0.3 is 0 Å². The van der Waals surface area contributed by atoms with Gasteiger partial charge in [-0.25, -0.2) is 4.68 Å². The van der Waals surface area contributed by atoms with Gasteiger partial charge in [0.1, 0.15) is 12.4 Å². The molecule has 6 rings (SSSR count). The molecule has 1 N–H and O–H groups in total. The van der Waals surface area contributed by atoms with Crippen molar-refractivity contribution in [3.05, 3.63) is 6.33 Å². The molecule has 26 heavy (non-hydrogen) atoms. The molecule has 3 atom stereocenters. The summed E-state index contributed by atoms with van der Waals surface area (Å²) in [5.41, 5.74) is 0.143. The zero-order chi connectivity index (χ0) is 17.7. The maximum Gasteiger partial charge on any atom is 0.237 e. The van der Waals surface area contributed by atoms with Gasteiger partial charge in [0.05, 0.1) is 12.6 Å². The highest BCUT2D eigenvalue weighted by Crippen LogP contribution is 2.63. The predicted octanol–water partition coefficient (Wildman–Crippen LogP) is 0.582. The number of rotatable bonds is 5. The maximum atomic E-state index is 12.6. The van der Waals surface area contributed by atoms with E-state index in [-0.39, 0.29) is 17.5 Å². The van der Waals surface area contributed by atoms with Crippen LogP contribution in [-0.2, 0) is 11.3 Å². The number of hydrogen-bond donors (Lipinski definition) is 1. The molecule has 4 saturated carbocycles. The van der Waals surface area contributed by atoms with Gasteiger partial charge in [-0.2, -0.15) is 5.26 Å². The van der Waals surface area contributed by atoms with Gasteiger partial charge in [-0.3, -0.25) is 4.79 Å². The highest BCUT2D eigenvalue weighted by molar-refractivity contribution is 5.79. The molecule has 4 bridgehead atoms. The summed E-state index contributed by atoms with van der Waals surface area (Å²) in [6.45, 7) is 2.03. The molecule has 1 aromatic heterocycles. The third-order valence-electron chi connectivity index (χ3n) is 7.52. The lowest BCUT2D eigenvalue weighted by atomic mass is 9.71. The molecule has 8 heteroatoms. The van der Waals surface area contributed by atoms with Crippen LogP contribution in [0.2, 0.25) is 0 Å². The number of aromatic nitrogens is 4. The first-order chi connectivity index (χ1) is 12.7. The van der Waals surface area contributed by atoms with E-state index in [1.54, 1.807) is 11.2 Å². The second kappa shape index (κ2) is 6.02. The minimum absolute atomic E-state index is 0.0971. The van der Waals surface area contributed by atoms with Gasteiger partial charge in [0, 0.05) is 18.6 Å². The Morgan fingerprint density at radius 2 is 2.15 bits per heavy atom. The molecule has 138 valence electrons. The monoisotopic (exact) mass is 355 g/mol. The van der Waals surface area contributed by atoms with Crippen LogP contribution in [0.3, 0.4) is 0 Å². The standard InChI is InChI=1S/C18H25N7O/c19-8-15-2-1-3-25(15)17(26)9-20-18-6-12-4-14(18)5-13(7-18)16(12)10-24-11-21-22-23-24/h11-16,20H,1-7,9-10H2/t12?,13?,14?,15-,16?,18?/m0/s1. The van der Waals surface area contributed by atoms with Crippen molar-refractivity contribution in [2.45, 2.75) is 56.7 Å². The molecule has 8 nitrogen and oxygen atoms in total. The lowest BCUT2D eigenvalue weighted by Gasteiger charge is -2.39. The number of tetrazole rings is 1. The van der Waals surface area contributed by atoms with Crippen molar-refractivity contribution < 1.29 is 4.79 Å². The summed E-state index contributed by atoms with van der Waals surface area (Å²) in [7, 11) is 0. The second-order valence-electron chi connectivity index (χ2n) is 8.68. The molecule has 0 aromatic carbocycles. The van der Waals surface area contributed by atoms with Crippen molar-refractivity contribution in [2.75, 3.05) is 13.1 Å². The highest BCUT2D eigenvalue weighted by Gasteiger charge is 2.61. The SMILES string of the molecule is N#C[C@@H]1CCCN1C(=O)CNC12CC3CC1CC(C2)C3Cn1cnnn1. The number of carbonyl (C=O) groups excluding carboxylic acids is 1. The van der Waals surface area contributed by atoms with Crippen molar-refractivity contribution in [2.24, 2.45) is 23.7 Å². The normalized spacial score (nSPS) is 40.3. The fourth-order valence-corrected chi connectivity index (χ4v) is 6.45. The van der Waals surface area contributed by atoms with Crippen molar-refractivity contribution in [3.63, 3.8) is 0 Å². The molecule has 0 spiro atoms. The predicted molar refractivity (Wildman–Crippen MR) is 91.3 cm³/mol. The molecule has 1 aromatic rings. The summed E-state index contributed by atoms with van der Waals surface area (Å²) in [6, 6.07) is 2.04. The molecule has 5 fully saturated rings. The summed E-state index contributed by atoms with van der Waals surface area (Å²) in [5.74, 6) is 2.86. The third-order valence-corrected chi connectivity index (χ3v) is 7.52. The summed E-state index contributed by atoms with van der Waals surface area (Å²) >= 11 is 0. The van der Waals surface area contributed by atoms with Crippen molar-refractivity contribution >= 4 is 5.91 Å². The summed E-state index contributed by atoms with van der Waals surface area (Å²) in [4.78, 5) is 14.4. The van der Waals surface area contributed by atoms with E-state index in [4.69, 9.17) is 0 Å². The fourth-order valence-electron chi connectivity index (χ4n) is 6.45. The van der Waals surface area contributed by atoms with E-state index < -0.39 is 0 Å². The van der Waals surface area contributed by atoms with E-state index in [2.05, 4.69) is 26.9 Å². The van der Waals surface area contributed by atoms with Gasteiger partial charge in [-0.1, -0.05) is 0 Å². The molecule has 0 radical (unpaired) electrons. The Bertz CT molecular complexity index is 710. The molecule has 5 aliphatic rings. The van der Waals surface area contributed by atoms with Gasteiger partial charge in [0.25, 0.3) is 0 Å². The fraction of sp³-hybridized carbons (Fsp3) is 0.833. The Morgan fingerprint density at radius 1 is 1.35 bits per heavy atom. The first kappa shape index (κ1) is 16.2. The van der Waals surface area contributed by atoms with Gasteiger partial charge in [0.2, 0.25) is 5.91 Å². The zero-order valence-electron chi connectivity index (χ0n) is 14.9. The van der Waals surface area contributed by atoms with Crippen molar-refractivity contribution in [1.29, 1.82) is 5.26 Å². The Kier molecular flexibility index (Phi) is 3.74. The highest BCUT2D eigenvalue weighted by atomic mass is 16.2. The van der Waals surface area contributed by atoms with E-state index >= 15 is 0 Å². The van der Waals surface area contributed by atoms with E-state index in [1.165, 1.54) is 12.8 Å². The molecule has 4 aliphatic carbocycles. The Balaban J connectivity index is 1.22. The van der Waals surface area contributed by atoms with Crippen LogP contribution >= 0.6 is 0 Å². The molecule has 2 unspecified atom stereocenters. The topological polar surface area (TPSA) is 99.7 Å². The van der Waals surface area contributed by atoms with E-state index in [1.807, 2.05) is 4.68 Å². The Hall–Kier alpha value is -2.01. The van der Waals surface area contributed by atoms with Gasteiger partial charge in [-0.05, 0) is 72.6 Å². The van der Waals surface area contributed by atoms with Crippen LogP contribution in [0.5, 0.6) is 0 Å². The van der Waals surface area contributed by atoms with Crippen LogP contribution < -0.4 is 5.32 Å². The average molecular weight is 355 g/mol. The molecular weight excluding hydrogens is 330 g/mol. The number of likely N-dealkylation sites (tertiary alicyclic amines) is 1. The van der Waals surface area contributed by atoms with Gasteiger partial charge in [0.15, 0.2) is 0 Å². The third kappa shape index (κ3) is 2.44. The number of hydrogen-bond acceptors (Lipinski definition) is 6. The van der Waals surface area contributed by atoms with E-state index in [9.17, 15) is 10.1 Å². The zero-order valence-corrected chi connectivity index (χ0v) is 14.9. The average Bonchev–Trinajstić information content (AvgIpc) is 3.38. The second-order valence-corrected chi connectivity index (χ2v) is 8.68. The smallest absolute Gasteiger partial charge is 0.237 e. The van der Waals surface area contributed by atoms with Crippen LogP contribution in [0, 0.1) is 35.0 Å². The Labute approximate surface area is 152 Å². The first-order valence-electron chi connectivity index (χ1n) is 9.83. The van der Waals surface area contributed by atoms with Crippen LogP contribution in [0.4, 0.5) is 0 Å². The minimum Gasteiger partial charge on any atom is -0.326 e. The van der Waals surface area contributed by atoms with Crippen LogP contribution in [0.15, 0.2) is 6.33 Å². The number of nitriles is 1. The Morgan fingerprint density at radius 3 is 2.85 bits per heavy atom.